The van der Waals surface area contributed by atoms with Crippen LogP contribution < -0.4 is 4.90 Å². The summed E-state index contributed by atoms with van der Waals surface area (Å²) < 4.78 is 1.27. The fourth-order valence-corrected chi connectivity index (χ4v) is 4.72. The highest BCUT2D eigenvalue weighted by Crippen LogP contribution is 2.33. The van der Waals surface area contributed by atoms with Crippen LogP contribution in [0.3, 0.4) is 0 Å². The number of hydrogen-bond donors (Lipinski definition) is 0. The normalized spacial score (nSPS) is 19.2. The van der Waals surface area contributed by atoms with E-state index in [1.165, 1.54) is 22.2 Å². The quantitative estimate of drug-likeness (QED) is 0.848. The SMILES string of the molecule is Cc1cc(C)c2nc(N3CCN(C(=O)C4CCC4)CC3)sc2c1. The molecule has 0 unspecified atom stereocenters. The van der Waals surface area contributed by atoms with E-state index in [-0.39, 0.29) is 0 Å². The monoisotopic (exact) mass is 329 g/mol. The Bertz CT molecular complexity index is 742. The molecule has 23 heavy (non-hydrogen) atoms. The van der Waals surface area contributed by atoms with Crippen LogP contribution >= 0.6 is 11.3 Å². The lowest BCUT2D eigenvalue weighted by Gasteiger charge is -2.38. The van der Waals surface area contributed by atoms with Crippen molar-refractivity contribution in [1.29, 1.82) is 0 Å². The molecule has 2 aliphatic rings. The topological polar surface area (TPSA) is 36.4 Å². The van der Waals surface area contributed by atoms with Gasteiger partial charge in [0.05, 0.1) is 10.2 Å². The number of fused-ring (bicyclic) bond motifs is 1. The Labute approximate surface area is 141 Å². The molecule has 1 aliphatic carbocycles. The van der Waals surface area contributed by atoms with Crippen molar-refractivity contribution in [3.05, 3.63) is 23.3 Å². The van der Waals surface area contributed by atoms with Gasteiger partial charge < -0.3 is 9.80 Å². The van der Waals surface area contributed by atoms with Crippen molar-refractivity contribution in [2.45, 2.75) is 33.1 Å². The van der Waals surface area contributed by atoms with Gasteiger partial charge >= 0.3 is 0 Å². The summed E-state index contributed by atoms with van der Waals surface area (Å²) in [5, 5.41) is 1.10. The maximum absolute atomic E-state index is 12.3. The Hall–Kier alpha value is -1.62. The zero-order valence-electron chi connectivity index (χ0n) is 13.8. The van der Waals surface area contributed by atoms with Crippen LogP contribution in [0.2, 0.25) is 0 Å². The van der Waals surface area contributed by atoms with Crippen LogP contribution in [0.1, 0.15) is 30.4 Å². The van der Waals surface area contributed by atoms with E-state index in [2.05, 4.69) is 35.8 Å². The highest BCUT2D eigenvalue weighted by atomic mass is 32.1. The number of thiazole rings is 1. The molecule has 1 amide bonds. The number of amides is 1. The molecule has 2 heterocycles. The lowest BCUT2D eigenvalue weighted by Crippen LogP contribution is -2.51. The van der Waals surface area contributed by atoms with Gasteiger partial charge in [-0.2, -0.15) is 0 Å². The van der Waals surface area contributed by atoms with E-state index < -0.39 is 0 Å². The van der Waals surface area contributed by atoms with E-state index in [1.54, 1.807) is 11.3 Å². The molecule has 1 saturated heterocycles. The van der Waals surface area contributed by atoms with Gasteiger partial charge in [-0.3, -0.25) is 4.79 Å². The molecule has 0 bridgehead atoms. The number of piperazine rings is 1. The van der Waals surface area contributed by atoms with Crippen molar-refractivity contribution in [2.75, 3.05) is 31.1 Å². The summed E-state index contributed by atoms with van der Waals surface area (Å²) in [6, 6.07) is 4.42. The molecule has 0 N–H and O–H groups in total. The molecule has 4 rings (SSSR count). The Morgan fingerprint density at radius 3 is 2.57 bits per heavy atom. The van der Waals surface area contributed by atoms with Gasteiger partial charge in [0.25, 0.3) is 0 Å². The Morgan fingerprint density at radius 2 is 1.91 bits per heavy atom. The molecule has 4 nitrogen and oxygen atoms in total. The average Bonchev–Trinajstić information content (AvgIpc) is 2.90. The van der Waals surface area contributed by atoms with E-state index in [9.17, 15) is 4.79 Å². The van der Waals surface area contributed by atoms with Gasteiger partial charge in [0, 0.05) is 32.1 Å². The molecule has 122 valence electrons. The summed E-state index contributed by atoms with van der Waals surface area (Å²) in [7, 11) is 0. The highest BCUT2D eigenvalue weighted by Gasteiger charge is 2.31. The van der Waals surface area contributed by atoms with Crippen LogP contribution in [0.25, 0.3) is 10.2 Å². The number of carbonyl (C=O) groups excluding carboxylic acids is 1. The van der Waals surface area contributed by atoms with E-state index in [4.69, 9.17) is 4.98 Å². The third-order valence-corrected chi connectivity index (χ3v) is 6.20. The Kier molecular flexibility index (Phi) is 3.76. The molecule has 2 aromatic rings. The van der Waals surface area contributed by atoms with Gasteiger partial charge in [-0.15, -0.1) is 0 Å². The van der Waals surface area contributed by atoms with Gasteiger partial charge in [0.2, 0.25) is 5.91 Å². The van der Waals surface area contributed by atoms with Crippen LogP contribution in [0.15, 0.2) is 12.1 Å². The van der Waals surface area contributed by atoms with Crippen LogP contribution in [-0.4, -0.2) is 42.0 Å². The predicted molar refractivity (Wildman–Crippen MR) is 95.2 cm³/mol. The molecule has 0 radical (unpaired) electrons. The third-order valence-electron chi connectivity index (χ3n) is 5.13. The second-order valence-electron chi connectivity index (χ2n) is 6.87. The number of hydrogen-bond acceptors (Lipinski definition) is 4. The summed E-state index contributed by atoms with van der Waals surface area (Å²) in [4.78, 5) is 21.6. The molecule has 1 aliphatic heterocycles. The summed E-state index contributed by atoms with van der Waals surface area (Å²) >= 11 is 1.78. The first kappa shape index (κ1) is 14.9. The van der Waals surface area contributed by atoms with Crippen molar-refractivity contribution >= 4 is 32.6 Å². The number of aryl methyl sites for hydroxylation is 2. The molecule has 1 saturated carbocycles. The number of anilines is 1. The molecule has 5 heteroatoms. The molecular formula is C18H23N3OS. The van der Waals surface area contributed by atoms with Gasteiger partial charge in [-0.05, 0) is 43.9 Å². The number of nitrogens with zero attached hydrogens (tertiary/aromatic N) is 3. The second-order valence-corrected chi connectivity index (χ2v) is 7.87. The van der Waals surface area contributed by atoms with Crippen molar-refractivity contribution in [3.63, 3.8) is 0 Å². The highest BCUT2D eigenvalue weighted by molar-refractivity contribution is 7.22. The number of carbonyl (C=O) groups is 1. The maximum Gasteiger partial charge on any atom is 0.225 e. The van der Waals surface area contributed by atoms with Crippen molar-refractivity contribution in [2.24, 2.45) is 5.92 Å². The number of benzene rings is 1. The van der Waals surface area contributed by atoms with Crippen LogP contribution in [0.4, 0.5) is 5.13 Å². The lowest BCUT2D eigenvalue weighted by molar-refractivity contribution is -0.138. The lowest BCUT2D eigenvalue weighted by atomic mass is 9.84. The smallest absolute Gasteiger partial charge is 0.225 e. The first-order valence-electron chi connectivity index (χ1n) is 8.53. The first-order chi connectivity index (χ1) is 11.1. The van der Waals surface area contributed by atoms with E-state index >= 15 is 0 Å². The zero-order valence-corrected chi connectivity index (χ0v) is 14.7. The molecule has 1 aromatic carbocycles. The van der Waals surface area contributed by atoms with Gasteiger partial charge in [0.15, 0.2) is 5.13 Å². The summed E-state index contributed by atoms with van der Waals surface area (Å²) in [6.45, 7) is 7.74. The predicted octanol–water partition coefficient (Wildman–Crippen LogP) is 3.36. The van der Waals surface area contributed by atoms with E-state index in [0.29, 0.717) is 11.8 Å². The number of aromatic nitrogens is 1. The maximum atomic E-state index is 12.3. The van der Waals surface area contributed by atoms with Gasteiger partial charge in [-0.25, -0.2) is 4.98 Å². The standard InChI is InChI=1S/C18H23N3OS/c1-12-10-13(2)16-15(11-12)23-18(19-16)21-8-6-20(7-9-21)17(22)14-4-3-5-14/h10-11,14H,3-9H2,1-2H3. The summed E-state index contributed by atoms with van der Waals surface area (Å²) in [5.74, 6) is 0.696. The first-order valence-corrected chi connectivity index (χ1v) is 9.35. The fourth-order valence-electron chi connectivity index (χ4n) is 3.53. The Balaban J connectivity index is 1.48. The van der Waals surface area contributed by atoms with Crippen molar-refractivity contribution < 1.29 is 4.79 Å². The van der Waals surface area contributed by atoms with Crippen LogP contribution in [0, 0.1) is 19.8 Å². The minimum absolute atomic E-state index is 0.314. The minimum Gasteiger partial charge on any atom is -0.345 e. The second kappa shape index (κ2) is 5.78. The zero-order chi connectivity index (χ0) is 16.0. The van der Waals surface area contributed by atoms with E-state index in [0.717, 1.165) is 49.7 Å². The number of rotatable bonds is 2. The summed E-state index contributed by atoms with van der Waals surface area (Å²) in [5.41, 5.74) is 3.67. The minimum atomic E-state index is 0.314. The van der Waals surface area contributed by atoms with Crippen LogP contribution in [-0.2, 0) is 4.79 Å². The molecule has 0 spiro atoms. The third kappa shape index (κ3) is 2.71. The molecular weight excluding hydrogens is 306 g/mol. The molecule has 0 atom stereocenters. The fraction of sp³-hybridized carbons (Fsp3) is 0.556. The summed E-state index contributed by atoms with van der Waals surface area (Å²) in [6.07, 6.45) is 3.41. The van der Waals surface area contributed by atoms with Gasteiger partial charge in [0.1, 0.15) is 0 Å². The van der Waals surface area contributed by atoms with Crippen LogP contribution in [0.5, 0.6) is 0 Å². The van der Waals surface area contributed by atoms with E-state index in [1.807, 2.05) is 0 Å². The largest absolute Gasteiger partial charge is 0.345 e. The average molecular weight is 329 g/mol. The Morgan fingerprint density at radius 1 is 1.17 bits per heavy atom. The van der Waals surface area contributed by atoms with Crippen molar-refractivity contribution in [3.8, 4) is 0 Å². The molecule has 1 aromatic heterocycles. The van der Waals surface area contributed by atoms with Crippen molar-refractivity contribution in [1.82, 2.24) is 9.88 Å². The van der Waals surface area contributed by atoms with Gasteiger partial charge in [-0.1, -0.05) is 23.8 Å². The molecule has 2 fully saturated rings.